The number of rotatable bonds is 4. The minimum absolute atomic E-state index is 0.684. The fourth-order valence-electron chi connectivity index (χ4n) is 1.77. The van der Waals surface area contributed by atoms with Crippen LogP contribution in [0.25, 0.3) is 0 Å². The van der Waals surface area contributed by atoms with E-state index in [0.717, 1.165) is 17.7 Å². The maximum atomic E-state index is 10.3. The molecule has 90 valence electrons. The summed E-state index contributed by atoms with van der Waals surface area (Å²) in [5.74, 6) is 0.684. The van der Waals surface area contributed by atoms with E-state index in [1.54, 1.807) is 18.0 Å². The van der Waals surface area contributed by atoms with Gasteiger partial charge in [0.15, 0.2) is 0 Å². The zero-order valence-corrected chi connectivity index (χ0v) is 10.00. The van der Waals surface area contributed by atoms with Crippen LogP contribution in [0.15, 0.2) is 36.7 Å². The molecule has 1 N–H and O–H groups in total. The van der Waals surface area contributed by atoms with Crippen LogP contribution in [0.3, 0.4) is 0 Å². The molecule has 0 saturated carbocycles. The van der Waals surface area contributed by atoms with E-state index in [0.29, 0.717) is 5.75 Å². The van der Waals surface area contributed by atoms with Gasteiger partial charge in [0, 0.05) is 23.9 Å². The van der Waals surface area contributed by atoms with Gasteiger partial charge in [-0.3, -0.25) is 4.68 Å². The first-order valence-electron chi connectivity index (χ1n) is 5.59. The summed E-state index contributed by atoms with van der Waals surface area (Å²) in [6.45, 7) is 2.80. The molecular weight excluding hydrogens is 216 g/mol. The van der Waals surface area contributed by atoms with Crippen molar-refractivity contribution in [3.63, 3.8) is 0 Å². The number of aryl methyl sites for hydroxylation is 1. The number of aliphatic hydroxyl groups is 1. The van der Waals surface area contributed by atoms with Gasteiger partial charge in [-0.25, -0.2) is 0 Å². The molecule has 0 radical (unpaired) electrons. The van der Waals surface area contributed by atoms with Gasteiger partial charge in [0.25, 0.3) is 0 Å². The fraction of sp³-hybridized carbons (Fsp3) is 0.308. The van der Waals surface area contributed by atoms with Gasteiger partial charge in [0.05, 0.1) is 13.3 Å². The Kier molecular flexibility index (Phi) is 3.44. The third-order valence-corrected chi connectivity index (χ3v) is 2.73. The standard InChI is InChI=1S/C13H16N2O2/c1-3-15-9-10(8-14-15)13(16)11-6-4-5-7-12(11)17-2/h4-9,13,16H,3H2,1-2H3. The van der Waals surface area contributed by atoms with Gasteiger partial charge in [-0.15, -0.1) is 0 Å². The van der Waals surface area contributed by atoms with E-state index in [4.69, 9.17) is 4.74 Å². The second kappa shape index (κ2) is 5.01. The number of aromatic nitrogens is 2. The summed E-state index contributed by atoms with van der Waals surface area (Å²) in [5.41, 5.74) is 1.53. The molecule has 0 spiro atoms. The highest BCUT2D eigenvalue weighted by Crippen LogP contribution is 2.29. The SMILES string of the molecule is CCn1cc(C(O)c2ccccc2OC)cn1. The number of hydrogen-bond acceptors (Lipinski definition) is 3. The van der Waals surface area contributed by atoms with Crippen molar-refractivity contribution in [2.75, 3.05) is 7.11 Å². The van der Waals surface area contributed by atoms with Gasteiger partial charge in [-0.1, -0.05) is 18.2 Å². The monoisotopic (exact) mass is 232 g/mol. The van der Waals surface area contributed by atoms with Gasteiger partial charge in [-0.05, 0) is 13.0 Å². The van der Waals surface area contributed by atoms with Crippen LogP contribution in [-0.4, -0.2) is 22.0 Å². The molecule has 4 heteroatoms. The van der Waals surface area contributed by atoms with E-state index >= 15 is 0 Å². The van der Waals surface area contributed by atoms with E-state index in [-0.39, 0.29) is 0 Å². The second-order valence-corrected chi connectivity index (χ2v) is 3.77. The minimum atomic E-state index is -0.702. The van der Waals surface area contributed by atoms with E-state index in [2.05, 4.69) is 5.10 Å². The number of benzene rings is 1. The third kappa shape index (κ3) is 2.31. The summed E-state index contributed by atoms with van der Waals surface area (Å²) in [7, 11) is 1.60. The van der Waals surface area contributed by atoms with E-state index < -0.39 is 6.10 Å². The molecule has 1 unspecified atom stereocenters. The minimum Gasteiger partial charge on any atom is -0.496 e. The maximum Gasteiger partial charge on any atom is 0.125 e. The largest absolute Gasteiger partial charge is 0.496 e. The van der Waals surface area contributed by atoms with Crippen molar-refractivity contribution in [3.8, 4) is 5.75 Å². The molecule has 0 aliphatic heterocycles. The third-order valence-electron chi connectivity index (χ3n) is 2.73. The lowest BCUT2D eigenvalue weighted by atomic mass is 10.0. The molecule has 1 aromatic heterocycles. The highest BCUT2D eigenvalue weighted by molar-refractivity contribution is 5.39. The molecule has 0 fully saturated rings. The van der Waals surface area contributed by atoms with Crippen molar-refractivity contribution in [1.29, 1.82) is 0 Å². The van der Waals surface area contributed by atoms with Crippen LogP contribution in [0, 0.1) is 0 Å². The predicted octanol–water partition coefficient (Wildman–Crippen LogP) is 1.99. The van der Waals surface area contributed by atoms with Crippen LogP contribution in [-0.2, 0) is 6.54 Å². The number of ether oxygens (including phenoxy) is 1. The average molecular weight is 232 g/mol. The molecule has 0 amide bonds. The Hall–Kier alpha value is -1.81. The van der Waals surface area contributed by atoms with Crippen molar-refractivity contribution in [3.05, 3.63) is 47.8 Å². The van der Waals surface area contributed by atoms with Crippen LogP contribution in [0.2, 0.25) is 0 Å². The lowest BCUT2D eigenvalue weighted by molar-refractivity contribution is 0.214. The van der Waals surface area contributed by atoms with Crippen molar-refractivity contribution >= 4 is 0 Å². The molecule has 0 aliphatic carbocycles. The molecule has 1 aromatic carbocycles. The number of hydrogen-bond donors (Lipinski definition) is 1. The quantitative estimate of drug-likeness (QED) is 0.877. The lowest BCUT2D eigenvalue weighted by Crippen LogP contribution is -2.01. The van der Waals surface area contributed by atoms with Crippen LogP contribution in [0.1, 0.15) is 24.2 Å². The summed E-state index contributed by atoms with van der Waals surface area (Å²) in [5, 5.41) is 14.4. The molecule has 4 nitrogen and oxygen atoms in total. The molecule has 2 aromatic rings. The van der Waals surface area contributed by atoms with Crippen LogP contribution in [0.4, 0.5) is 0 Å². The summed E-state index contributed by atoms with van der Waals surface area (Å²) < 4.78 is 7.02. The van der Waals surface area contributed by atoms with E-state index in [1.165, 1.54) is 0 Å². The topological polar surface area (TPSA) is 47.3 Å². The molecule has 1 atom stereocenters. The zero-order valence-electron chi connectivity index (χ0n) is 10.00. The van der Waals surface area contributed by atoms with Crippen LogP contribution >= 0.6 is 0 Å². The molecule has 0 saturated heterocycles. The van der Waals surface area contributed by atoms with Gasteiger partial charge >= 0.3 is 0 Å². The molecule has 0 bridgehead atoms. The Morgan fingerprint density at radius 2 is 2.18 bits per heavy atom. The van der Waals surface area contributed by atoms with Gasteiger partial charge in [0.1, 0.15) is 11.9 Å². The van der Waals surface area contributed by atoms with Gasteiger partial charge in [-0.2, -0.15) is 5.10 Å². The molecular formula is C13H16N2O2. The van der Waals surface area contributed by atoms with Crippen molar-refractivity contribution in [1.82, 2.24) is 9.78 Å². The fourth-order valence-corrected chi connectivity index (χ4v) is 1.77. The number of para-hydroxylation sites is 1. The summed E-state index contributed by atoms with van der Waals surface area (Å²) in [6, 6.07) is 7.45. The Morgan fingerprint density at radius 1 is 1.41 bits per heavy atom. The highest BCUT2D eigenvalue weighted by atomic mass is 16.5. The van der Waals surface area contributed by atoms with Crippen LogP contribution in [0.5, 0.6) is 5.75 Å². The average Bonchev–Trinajstić information content (AvgIpc) is 2.86. The molecule has 17 heavy (non-hydrogen) atoms. The lowest BCUT2D eigenvalue weighted by Gasteiger charge is -2.12. The highest BCUT2D eigenvalue weighted by Gasteiger charge is 2.16. The number of aliphatic hydroxyl groups excluding tert-OH is 1. The Labute approximate surface area is 100 Å². The first-order chi connectivity index (χ1) is 8.26. The van der Waals surface area contributed by atoms with Crippen molar-refractivity contribution < 1.29 is 9.84 Å². The van der Waals surface area contributed by atoms with E-state index in [9.17, 15) is 5.11 Å². The van der Waals surface area contributed by atoms with E-state index in [1.807, 2.05) is 37.4 Å². The molecule has 2 rings (SSSR count). The maximum absolute atomic E-state index is 10.3. The number of nitrogens with zero attached hydrogens (tertiary/aromatic N) is 2. The van der Waals surface area contributed by atoms with Crippen molar-refractivity contribution in [2.24, 2.45) is 0 Å². The van der Waals surface area contributed by atoms with Crippen molar-refractivity contribution in [2.45, 2.75) is 19.6 Å². The Balaban J connectivity index is 2.32. The predicted molar refractivity (Wildman–Crippen MR) is 65.0 cm³/mol. The first kappa shape index (κ1) is 11.7. The molecule has 0 aliphatic rings. The Morgan fingerprint density at radius 3 is 2.82 bits per heavy atom. The Bertz CT molecular complexity index is 494. The van der Waals surface area contributed by atoms with Gasteiger partial charge in [0.2, 0.25) is 0 Å². The normalized spacial score (nSPS) is 12.4. The summed E-state index contributed by atoms with van der Waals surface area (Å²) in [6.07, 6.45) is 2.82. The smallest absolute Gasteiger partial charge is 0.125 e. The second-order valence-electron chi connectivity index (χ2n) is 3.77. The van der Waals surface area contributed by atoms with Crippen LogP contribution < -0.4 is 4.74 Å². The van der Waals surface area contributed by atoms with Gasteiger partial charge < -0.3 is 9.84 Å². The summed E-state index contributed by atoms with van der Waals surface area (Å²) in [4.78, 5) is 0. The molecule has 1 heterocycles. The zero-order chi connectivity index (χ0) is 12.3. The number of methoxy groups -OCH3 is 1. The first-order valence-corrected chi connectivity index (χ1v) is 5.59. The summed E-state index contributed by atoms with van der Waals surface area (Å²) >= 11 is 0.